The van der Waals surface area contributed by atoms with Crippen LogP contribution in [0.1, 0.15) is 32.9 Å². The summed E-state index contributed by atoms with van der Waals surface area (Å²) in [6.45, 7) is 4.46. The molecule has 0 aliphatic rings. The van der Waals surface area contributed by atoms with E-state index in [2.05, 4.69) is 41.5 Å². The first kappa shape index (κ1) is 22.7. The standard InChI is InChI=1S/C27H26N2O3S/c1-18-4-14-24(15-5-18)33-17-25-19(2)32-27(29-25)22-10-8-21(9-11-22)26(30)28-16-20-6-12-23(31-3)13-7-20/h4-15H,16-17H2,1-3H3,(H,28,30). The molecular formula is C27H26N2O3S. The van der Waals surface area contributed by atoms with Crippen molar-refractivity contribution < 1.29 is 13.9 Å². The van der Waals surface area contributed by atoms with Gasteiger partial charge in [0, 0.05) is 28.3 Å². The molecule has 3 aromatic carbocycles. The summed E-state index contributed by atoms with van der Waals surface area (Å²) in [6.07, 6.45) is 0. The van der Waals surface area contributed by atoms with E-state index in [1.54, 1.807) is 31.0 Å². The number of ether oxygens (including phenoxy) is 1. The zero-order valence-corrected chi connectivity index (χ0v) is 19.7. The van der Waals surface area contributed by atoms with Gasteiger partial charge in [0.15, 0.2) is 0 Å². The first-order valence-corrected chi connectivity index (χ1v) is 11.7. The summed E-state index contributed by atoms with van der Waals surface area (Å²) >= 11 is 1.73. The van der Waals surface area contributed by atoms with Crippen LogP contribution in [-0.2, 0) is 12.3 Å². The van der Waals surface area contributed by atoms with E-state index < -0.39 is 0 Å². The molecule has 5 nitrogen and oxygen atoms in total. The van der Waals surface area contributed by atoms with Crippen molar-refractivity contribution in [3.63, 3.8) is 0 Å². The highest BCUT2D eigenvalue weighted by Gasteiger charge is 2.13. The molecule has 1 amide bonds. The molecule has 0 radical (unpaired) electrons. The third-order valence-electron chi connectivity index (χ3n) is 5.30. The molecule has 0 aliphatic carbocycles. The summed E-state index contributed by atoms with van der Waals surface area (Å²) in [4.78, 5) is 18.4. The predicted octanol–water partition coefficient (Wildman–Crippen LogP) is 6.19. The molecule has 0 fully saturated rings. The molecule has 168 valence electrons. The Balaban J connectivity index is 1.36. The van der Waals surface area contributed by atoms with Gasteiger partial charge in [-0.05, 0) is 67.9 Å². The predicted molar refractivity (Wildman–Crippen MR) is 132 cm³/mol. The minimum atomic E-state index is -0.129. The average Bonchev–Trinajstić information content (AvgIpc) is 3.23. The van der Waals surface area contributed by atoms with Crippen LogP contribution in [0.25, 0.3) is 11.5 Å². The van der Waals surface area contributed by atoms with E-state index in [0.717, 1.165) is 34.1 Å². The van der Waals surface area contributed by atoms with Gasteiger partial charge < -0.3 is 14.5 Å². The van der Waals surface area contributed by atoms with Crippen LogP contribution >= 0.6 is 11.8 Å². The second-order valence-corrected chi connectivity index (χ2v) is 8.78. The van der Waals surface area contributed by atoms with Crippen molar-refractivity contribution in [2.75, 3.05) is 7.11 Å². The lowest BCUT2D eigenvalue weighted by atomic mass is 10.1. The number of hydrogen-bond acceptors (Lipinski definition) is 5. The normalized spacial score (nSPS) is 10.8. The fourth-order valence-electron chi connectivity index (χ4n) is 3.26. The van der Waals surface area contributed by atoms with Gasteiger partial charge in [-0.3, -0.25) is 4.79 Å². The molecule has 4 aromatic rings. The third kappa shape index (κ3) is 5.84. The van der Waals surface area contributed by atoms with Crippen molar-refractivity contribution >= 4 is 17.7 Å². The highest BCUT2D eigenvalue weighted by Crippen LogP contribution is 2.28. The Bertz CT molecular complexity index is 1210. The smallest absolute Gasteiger partial charge is 0.251 e. The fourth-order valence-corrected chi connectivity index (χ4v) is 4.16. The number of oxazole rings is 1. The van der Waals surface area contributed by atoms with Gasteiger partial charge in [-0.1, -0.05) is 29.8 Å². The maximum atomic E-state index is 12.5. The Hall–Kier alpha value is -3.51. The number of nitrogens with one attached hydrogen (secondary N) is 1. The molecule has 33 heavy (non-hydrogen) atoms. The summed E-state index contributed by atoms with van der Waals surface area (Å²) in [7, 11) is 1.63. The first-order valence-electron chi connectivity index (χ1n) is 10.7. The Labute approximate surface area is 198 Å². The fraction of sp³-hybridized carbons (Fsp3) is 0.185. The van der Waals surface area contributed by atoms with Crippen molar-refractivity contribution in [2.24, 2.45) is 0 Å². The van der Waals surface area contributed by atoms with Gasteiger partial charge in [0.2, 0.25) is 5.89 Å². The lowest BCUT2D eigenvalue weighted by Crippen LogP contribution is -2.22. The summed E-state index contributed by atoms with van der Waals surface area (Å²) in [6, 6.07) is 23.4. The molecule has 1 N–H and O–H groups in total. The van der Waals surface area contributed by atoms with Gasteiger partial charge in [-0.25, -0.2) is 4.98 Å². The second kappa shape index (κ2) is 10.4. The number of amides is 1. The second-order valence-electron chi connectivity index (χ2n) is 7.73. The zero-order chi connectivity index (χ0) is 23.2. The van der Waals surface area contributed by atoms with Gasteiger partial charge in [-0.2, -0.15) is 0 Å². The molecule has 1 aromatic heterocycles. The van der Waals surface area contributed by atoms with E-state index in [1.807, 2.05) is 43.3 Å². The summed E-state index contributed by atoms with van der Waals surface area (Å²) < 4.78 is 11.1. The van der Waals surface area contributed by atoms with Crippen molar-refractivity contribution in [1.82, 2.24) is 10.3 Å². The highest BCUT2D eigenvalue weighted by molar-refractivity contribution is 7.98. The van der Waals surface area contributed by atoms with Gasteiger partial charge in [-0.15, -0.1) is 11.8 Å². The van der Waals surface area contributed by atoms with Crippen LogP contribution < -0.4 is 10.1 Å². The molecule has 0 saturated heterocycles. The van der Waals surface area contributed by atoms with Crippen LogP contribution in [0, 0.1) is 13.8 Å². The summed E-state index contributed by atoms with van der Waals surface area (Å²) in [5.41, 5.74) is 4.61. The highest BCUT2D eigenvalue weighted by atomic mass is 32.2. The van der Waals surface area contributed by atoms with Crippen molar-refractivity contribution in [3.05, 3.63) is 101 Å². The molecule has 4 rings (SSSR count). The van der Waals surface area contributed by atoms with Crippen molar-refractivity contribution in [1.29, 1.82) is 0 Å². The minimum Gasteiger partial charge on any atom is -0.497 e. The molecule has 6 heteroatoms. The SMILES string of the molecule is COc1ccc(CNC(=O)c2ccc(-c3nc(CSc4ccc(C)cc4)c(C)o3)cc2)cc1. The molecule has 1 heterocycles. The van der Waals surface area contributed by atoms with E-state index in [-0.39, 0.29) is 5.91 Å². The van der Waals surface area contributed by atoms with Crippen LogP contribution in [0.3, 0.4) is 0 Å². The number of hydrogen-bond donors (Lipinski definition) is 1. The largest absolute Gasteiger partial charge is 0.497 e. The third-order valence-corrected chi connectivity index (χ3v) is 6.32. The van der Waals surface area contributed by atoms with E-state index in [1.165, 1.54) is 10.5 Å². The van der Waals surface area contributed by atoms with Crippen LogP contribution in [0.2, 0.25) is 0 Å². The first-order chi connectivity index (χ1) is 16.0. The molecule has 0 atom stereocenters. The minimum absolute atomic E-state index is 0.129. The maximum absolute atomic E-state index is 12.5. The Kier molecular flexibility index (Phi) is 7.15. The van der Waals surface area contributed by atoms with Gasteiger partial charge in [0.1, 0.15) is 11.5 Å². The number of rotatable bonds is 8. The number of carbonyl (C=O) groups excluding carboxylic acids is 1. The van der Waals surface area contributed by atoms with E-state index in [9.17, 15) is 4.79 Å². The zero-order valence-electron chi connectivity index (χ0n) is 18.9. The number of methoxy groups -OCH3 is 1. The van der Waals surface area contributed by atoms with E-state index >= 15 is 0 Å². The van der Waals surface area contributed by atoms with Crippen LogP contribution in [-0.4, -0.2) is 18.0 Å². The van der Waals surface area contributed by atoms with E-state index in [4.69, 9.17) is 9.15 Å². The van der Waals surface area contributed by atoms with Gasteiger partial charge in [0.25, 0.3) is 5.91 Å². The van der Waals surface area contributed by atoms with E-state index in [0.29, 0.717) is 18.0 Å². The lowest BCUT2D eigenvalue weighted by molar-refractivity contribution is 0.0951. The monoisotopic (exact) mass is 458 g/mol. The van der Waals surface area contributed by atoms with Gasteiger partial charge >= 0.3 is 0 Å². The average molecular weight is 459 g/mol. The number of thioether (sulfide) groups is 1. The Morgan fingerprint density at radius 1 is 0.970 bits per heavy atom. The van der Waals surface area contributed by atoms with Crippen molar-refractivity contribution in [2.45, 2.75) is 31.0 Å². The number of aromatic nitrogens is 1. The number of aryl methyl sites for hydroxylation is 2. The molecule has 0 spiro atoms. The molecule has 0 bridgehead atoms. The summed E-state index contributed by atoms with van der Waals surface area (Å²) in [5, 5.41) is 2.94. The molecule has 0 unspecified atom stereocenters. The number of benzene rings is 3. The van der Waals surface area contributed by atoms with Gasteiger partial charge in [0.05, 0.1) is 12.8 Å². The Morgan fingerprint density at radius 3 is 2.33 bits per heavy atom. The number of carbonyl (C=O) groups is 1. The number of nitrogens with zero attached hydrogens (tertiary/aromatic N) is 1. The quantitative estimate of drug-likeness (QED) is 0.319. The lowest BCUT2D eigenvalue weighted by Gasteiger charge is -2.07. The molecule has 0 aliphatic heterocycles. The maximum Gasteiger partial charge on any atom is 0.251 e. The van der Waals surface area contributed by atoms with Crippen LogP contribution in [0.5, 0.6) is 5.75 Å². The Morgan fingerprint density at radius 2 is 1.67 bits per heavy atom. The van der Waals surface area contributed by atoms with Crippen LogP contribution in [0.4, 0.5) is 0 Å². The topological polar surface area (TPSA) is 64.4 Å². The molecular weight excluding hydrogens is 432 g/mol. The summed E-state index contributed by atoms with van der Waals surface area (Å²) in [5.74, 6) is 2.78. The molecule has 0 saturated carbocycles. The van der Waals surface area contributed by atoms with Crippen LogP contribution in [0.15, 0.2) is 82.1 Å². The van der Waals surface area contributed by atoms with Crippen molar-refractivity contribution in [3.8, 4) is 17.2 Å².